The normalized spacial score (nSPS) is 9.69. The van der Waals surface area contributed by atoms with Gasteiger partial charge in [-0.1, -0.05) is 6.58 Å². The number of carbonyl (C=O) groups excluding carboxylic acids is 1. The quantitative estimate of drug-likeness (QED) is 0.774. The van der Waals surface area contributed by atoms with E-state index in [0.29, 0.717) is 6.54 Å². The Morgan fingerprint density at radius 2 is 2.19 bits per heavy atom. The van der Waals surface area contributed by atoms with Gasteiger partial charge in [0.1, 0.15) is 0 Å². The summed E-state index contributed by atoms with van der Waals surface area (Å²) < 4.78 is 26.3. The lowest BCUT2D eigenvalue weighted by Crippen LogP contribution is -2.12. The fourth-order valence-corrected chi connectivity index (χ4v) is 1.19. The summed E-state index contributed by atoms with van der Waals surface area (Å²) >= 11 is 0. The lowest BCUT2D eigenvalue weighted by Gasteiger charge is -2.12. The molecular weight excluding hydrogens is 214 g/mol. The zero-order valence-electron chi connectivity index (χ0n) is 8.81. The Morgan fingerprint density at radius 1 is 1.50 bits per heavy atom. The van der Waals surface area contributed by atoms with Gasteiger partial charge in [0.2, 0.25) is 5.91 Å². The van der Waals surface area contributed by atoms with E-state index in [1.165, 1.54) is 6.07 Å². The van der Waals surface area contributed by atoms with E-state index in [2.05, 4.69) is 17.2 Å². The molecule has 0 atom stereocenters. The molecule has 2 N–H and O–H groups in total. The van der Waals surface area contributed by atoms with Crippen molar-refractivity contribution in [2.75, 3.05) is 17.2 Å². The van der Waals surface area contributed by atoms with E-state index in [1.807, 2.05) is 0 Å². The predicted octanol–water partition coefficient (Wildman–Crippen LogP) is 2.52. The third-order valence-electron chi connectivity index (χ3n) is 1.89. The topological polar surface area (TPSA) is 41.1 Å². The zero-order chi connectivity index (χ0) is 12.1. The van der Waals surface area contributed by atoms with Gasteiger partial charge in [-0.25, -0.2) is 8.78 Å². The SMILES string of the molecule is C=CC(=O)Nc1ccc(F)c(F)c1NCC. The van der Waals surface area contributed by atoms with E-state index < -0.39 is 17.5 Å². The van der Waals surface area contributed by atoms with Crippen molar-refractivity contribution in [3.05, 3.63) is 36.4 Å². The van der Waals surface area contributed by atoms with Crippen LogP contribution in [0.5, 0.6) is 0 Å². The first-order valence-electron chi connectivity index (χ1n) is 4.75. The third-order valence-corrected chi connectivity index (χ3v) is 1.89. The maximum absolute atomic E-state index is 13.4. The fourth-order valence-electron chi connectivity index (χ4n) is 1.19. The van der Waals surface area contributed by atoms with Gasteiger partial charge in [0.25, 0.3) is 0 Å². The standard InChI is InChI=1S/C11H12F2N2O/c1-3-9(16)15-8-6-5-7(12)10(13)11(8)14-4-2/h3,5-6,14H,1,4H2,2H3,(H,15,16). The fraction of sp³-hybridized carbons (Fsp3) is 0.182. The number of benzene rings is 1. The molecule has 0 aliphatic carbocycles. The number of hydrogen-bond acceptors (Lipinski definition) is 2. The highest BCUT2D eigenvalue weighted by Gasteiger charge is 2.13. The smallest absolute Gasteiger partial charge is 0.247 e. The van der Waals surface area contributed by atoms with Crippen molar-refractivity contribution in [1.29, 1.82) is 0 Å². The first-order chi connectivity index (χ1) is 7.60. The summed E-state index contributed by atoms with van der Waals surface area (Å²) in [6, 6.07) is 2.24. The van der Waals surface area contributed by atoms with Crippen LogP contribution in [0.3, 0.4) is 0 Å². The molecule has 5 heteroatoms. The molecule has 0 saturated heterocycles. The Kier molecular flexibility index (Phi) is 3.99. The van der Waals surface area contributed by atoms with Gasteiger partial charge in [0.15, 0.2) is 11.6 Å². The number of carbonyl (C=O) groups is 1. The highest BCUT2D eigenvalue weighted by molar-refractivity contribution is 6.01. The molecule has 0 spiro atoms. The van der Waals surface area contributed by atoms with Crippen LogP contribution in [-0.2, 0) is 4.79 Å². The maximum Gasteiger partial charge on any atom is 0.247 e. The molecule has 0 unspecified atom stereocenters. The predicted molar refractivity (Wildman–Crippen MR) is 59.3 cm³/mol. The van der Waals surface area contributed by atoms with Gasteiger partial charge in [-0.15, -0.1) is 0 Å². The molecular formula is C11H12F2N2O. The second kappa shape index (κ2) is 5.25. The summed E-state index contributed by atoms with van der Waals surface area (Å²) in [6.45, 7) is 5.43. The van der Waals surface area contributed by atoms with Crippen LogP contribution in [0, 0.1) is 11.6 Å². The van der Waals surface area contributed by atoms with Crippen LogP contribution in [0.15, 0.2) is 24.8 Å². The molecule has 0 fully saturated rings. The number of anilines is 2. The van der Waals surface area contributed by atoms with Crippen LogP contribution < -0.4 is 10.6 Å². The zero-order valence-corrected chi connectivity index (χ0v) is 8.81. The van der Waals surface area contributed by atoms with Gasteiger partial charge in [-0.2, -0.15) is 0 Å². The Morgan fingerprint density at radius 3 is 2.75 bits per heavy atom. The maximum atomic E-state index is 13.4. The average molecular weight is 226 g/mol. The van der Waals surface area contributed by atoms with Crippen molar-refractivity contribution >= 4 is 17.3 Å². The molecule has 0 aromatic heterocycles. The molecule has 16 heavy (non-hydrogen) atoms. The van der Waals surface area contributed by atoms with Crippen LogP contribution in [-0.4, -0.2) is 12.5 Å². The average Bonchev–Trinajstić information content (AvgIpc) is 2.28. The third kappa shape index (κ3) is 2.56. The van der Waals surface area contributed by atoms with Crippen molar-refractivity contribution in [2.24, 2.45) is 0 Å². The molecule has 0 bridgehead atoms. The van der Waals surface area contributed by atoms with Gasteiger partial charge in [0, 0.05) is 6.54 Å². The molecule has 0 aliphatic rings. The summed E-state index contributed by atoms with van der Waals surface area (Å²) in [6.07, 6.45) is 1.05. The lowest BCUT2D eigenvalue weighted by atomic mass is 10.2. The van der Waals surface area contributed by atoms with Crippen molar-refractivity contribution in [3.63, 3.8) is 0 Å². The van der Waals surface area contributed by atoms with E-state index in [-0.39, 0.29) is 11.4 Å². The van der Waals surface area contributed by atoms with Crippen LogP contribution >= 0.6 is 0 Å². The van der Waals surface area contributed by atoms with E-state index in [0.717, 1.165) is 12.1 Å². The van der Waals surface area contributed by atoms with Gasteiger partial charge in [-0.3, -0.25) is 4.79 Å². The minimum Gasteiger partial charge on any atom is -0.381 e. The number of hydrogen-bond donors (Lipinski definition) is 2. The van der Waals surface area contributed by atoms with Crippen molar-refractivity contribution in [2.45, 2.75) is 6.92 Å². The summed E-state index contributed by atoms with van der Waals surface area (Å²) in [7, 11) is 0. The van der Waals surface area contributed by atoms with Gasteiger partial charge in [-0.05, 0) is 25.1 Å². The Balaban J connectivity index is 3.12. The molecule has 1 aromatic rings. The van der Waals surface area contributed by atoms with E-state index in [9.17, 15) is 13.6 Å². The molecule has 3 nitrogen and oxygen atoms in total. The number of rotatable bonds is 4. The largest absolute Gasteiger partial charge is 0.381 e. The Labute approximate surface area is 92.2 Å². The van der Waals surface area contributed by atoms with Crippen LogP contribution in [0.2, 0.25) is 0 Å². The Hall–Kier alpha value is -1.91. The van der Waals surface area contributed by atoms with E-state index in [4.69, 9.17) is 0 Å². The van der Waals surface area contributed by atoms with Crippen LogP contribution in [0.4, 0.5) is 20.2 Å². The highest BCUT2D eigenvalue weighted by atomic mass is 19.2. The first kappa shape index (κ1) is 12.2. The van der Waals surface area contributed by atoms with Gasteiger partial charge < -0.3 is 10.6 Å². The summed E-state index contributed by atoms with van der Waals surface area (Å²) in [5, 5.41) is 5.04. The molecule has 86 valence electrons. The number of halogens is 2. The first-order valence-corrected chi connectivity index (χ1v) is 4.75. The van der Waals surface area contributed by atoms with Crippen LogP contribution in [0.1, 0.15) is 6.92 Å². The monoisotopic (exact) mass is 226 g/mol. The van der Waals surface area contributed by atoms with Crippen molar-refractivity contribution in [1.82, 2.24) is 0 Å². The van der Waals surface area contributed by atoms with Crippen molar-refractivity contribution in [3.8, 4) is 0 Å². The number of nitrogens with one attached hydrogen (secondary N) is 2. The van der Waals surface area contributed by atoms with E-state index in [1.54, 1.807) is 6.92 Å². The lowest BCUT2D eigenvalue weighted by molar-refractivity contribution is -0.111. The van der Waals surface area contributed by atoms with Gasteiger partial charge in [0.05, 0.1) is 11.4 Å². The molecule has 1 rings (SSSR count). The molecule has 0 radical (unpaired) electrons. The van der Waals surface area contributed by atoms with Crippen LogP contribution in [0.25, 0.3) is 0 Å². The minimum atomic E-state index is -1.01. The summed E-state index contributed by atoms with van der Waals surface area (Å²) in [4.78, 5) is 11.1. The molecule has 1 aromatic carbocycles. The summed E-state index contributed by atoms with van der Waals surface area (Å²) in [5.74, 6) is -2.46. The molecule has 0 heterocycles. The van der Waals surface area contributed by atoms with Gasteiger partial charge >= 0.3 is 0 Å². The van der Waals surface area contributed by atoms with E-state index >= 15 is 0 Å². The molecule has 0 aliphatic heterocycles. The Bertz CT molecular complexity index is 419. The number of amides is 1. The second-order valence-corrected chi connectivity index (χ2v) is 3.01. The highest BCUT2D eigenvalue weighted by Crippen LogP contribution is 2.27. The second-order valence-electron chi connectivity index (χ2n) is 3.01. The minimum absolute atomic E-state index is 0.0577. The summed E-state index contributed by atoms with van der Waals surface area (Å²) in [5.41, 5.74) is 0.128. The molecule has 1 amide bonds. The molecule has 0 saturated carbocycles. The van der Waals surface area contributed by atoms with Crippen molar-refractivity contribution < 1.29 is 13.6 Å².